The Kier molecular flexibility index (Phi) is 6.34. The highest BCUT2D eigenvalue weighted by molar-refractivity contribution is 7.16. The number of thiophene rings is 1. The molecule has 1 amide bonds. The van der Waals surface area contributed by atoms with Gasteiger partial charge in [0.15, 0.2) is 0 Å². The number of rotatable bonds is 6. The number of aryl methyl sites for hydroxylation is 1. The van der Waals surface area contributed by atoms with Crippen LogP contribution in [0.1, 0.15) is 57.0 Å². The van der Waals surface area contributed by atoms with Crippen LogP contribution in [-0.4, -0.2) is 36.2 Å². The lowest BCUT2D eigenvalue weighted by Crippen LogP contribution is -2.38. The molecular weight excluding hydrogens is 332 g/mol. The Morgan fingerprint density at radius 3 is 2.91 bits per heavy atom. The number of ether oxygens (including phenoxy) is 1. The lowest BCUT2D eigenvalue weighted by atomic mass is 10.2. The van der Waals surface area contributed by atoms with Crippen LogP contribution in [0, 0.1) is 0 Å². The molecule has 0 saturated heterocycles. The van der Waals surface area contributed by atoms with E-state index in [1.54, 1.807) is 16.2 Å². The molecule has 130 valence electrons. The third-order valence-electron chi connectivity index (χ3n) is 3.88. The van der Waals surface area contributed by atoms with Crippen molar-refractivity contribution >= 4 is 29.0 Å². The van der Waals surface area contributed by atoms with Gasteiger partial charge in [-0.2, -0.15) is 0 Å². The zero-order valence-electron chi connectivity index (χ0n) is 14.4. The molecular formula is C17H27ClN2O2S. The van der Waals surface area contributed by atoms with E-state index < -0.39 is 5.60 Å². The van der Waals surface area contributed by atoms with Crippen molar-refractivity contribution in [1.82, 2.24) is 10.2 Å². The fourth-order valence-electron chi connectivity index (χ4n) is 2.79. The molecule has 4 nitrogen and oxygen atoms in total. The number of nitrogens with one attached hydrogen (secondary N) is 1. The predicted molar refractivity (Wildman–Crippen MR) is 96.5 cm³/mol. The highest BCUT2D eigenvalue weighted by Crippen LogP contribution is 2.39. The van der Waals surface area contributed by atoms with Gasteiger partial charge < -0.3 is 15.0 Å². The van der Waals surface area contributed by atoms with Crippen LogP contribution >= 0.6 is 22.9 Å². The minimum Gasteiger partial charge on any atom is -0.444 e. The van der Waals surface area contributed by atoms with Crippen LogP contribution in [0.2, 0.25) is 4.34 Å². The van der Waals surface area contributed by atoms with Gasteiger partial charge in [-0.25, -0.2) is 4.79 Å². The summed E-state index contributed by atoms with van der Waals surface area (Å²) in [7, 11) is 0. The smallest absolute Gasteiger partial charge is 0.410 e. The molecule has 1 aliphatic rings. The summed E-state index contributed by atoms with van der Waals surface area (Å²) in [5, 5.41) is 3.59. The molecule has 0 spiro atoms. The summed E-state index contributed by atoms with van der Waals surface area (Å²) in [6.45, 7) is 9.92. The van der Waals surface area contributed by atoms with Crippen LogP contribution in [0.25, 0.3) is 0 Å². The Balaban J connectivity index is 1.73. The first-order chi connectivity index (χ1) is 10.8. The second-order valence-electron chi connectivity index (χ2n) is 6.89. The van der Waals surface area contributed by atoms with Gasteiger partial charge in [0.2, 0.25) is 0 Å². The molecule has 1 heterocycles. The molecule has 0 radical (unpaired) electrons. The average Bonchev–Trinajstić information content (AvgIpc) is 2.96. The molecule has 0 aliphatic heterocycles. The maximum Gasteiger partial charge on any atom is 0.410 e. The van der Waals surface area contributed by atoms with Crippen molar-refractivity contribution in [2.75, 3.05) is 19.6 Å². The number of hydrogen-bond acceptors (Lipinski definition) is 4. The molecule has 1 aromatic rings. The molecule has 1 aliphatic carbocycles. The molecule has 6 heteroatoms. The van der Waals surface area contributed by atoms with E-state index in [0.29, 0.717) is 19.1 Å². The normalized spacial score (nSPS) is 17.2. The van der Waals surface area contributed by atoms with Crippen LogP contribution in [0.5, 0.6) is 0 Å². The first-order valence-corrected chi connectivity index (χ1v) is 9.49. The van der Waals surface area contributed by atoms with Gasteiger partial charge in [-0.3, -0.25) is 0 Å². The summed E-state index contributed by atoms with van der Waals surface area (Å²) in [6, 6.07) is 2.50. The Labute approximate surface area is 148 Å². The van der Waals surface area contributed by atoms with Crippen LogP contribution in [-0.2, 0) is 11.2 Å². The third kappa shape index (κ3) is 5.37. The molecule has 0 bridgehead atoms. The van der Waals surface area contributed by atoms with Crippen molar-refractivity contribution in [1.29, 1.82) is 0 Å². The fraction of sp³-hybridized carbons (Fsp3) is 0.706. The topological polar surface area (TPSA) is 41.6 Å². The van der Waals surface area contributed by atoms with Crippen LogP contribution in [0.4, 0.5) is 4.79 Å². The largest absolute Gasteiger partial charge is 0.444 e. The van der Waals surface area contributed by atoms with Crippen molar-refractivity contribution in [3.8, 4) is 0 Å². The number of hydrogen-bond donors (Lipinski definition) is 1. The molecule has 23 heavy (non-hydrogen) atoms. The summed E-state index contributed by atoms with van der Waals surface area (Å²) in [5.41, 5.74) is 0.917. The quantitative estimate of drug-likeness (QED) is 0.754. The minimum absolute atomic E-state index is 0.229. The van der Waals surface area contributed by atoms with Crippen molar-refractivity contribution in [2.45, 2.75) is 58.6 Å². The Morgan fingerprint density at radius 1 is 1.52 bits per heavy atom. The first kappa shape index (κ1) is 18.6. The summed E-state index contributed by atoms with van der Waals surface area (Å²) < 4.78 is 6.30. The summed E-state index contributed by atoms with van der Waals surface area (Å²) in [6.07, 6.45) is 2.94. The highest BCUT2D eigenvalue weighted by Gasteiger charge is 2.25. The van der Waals surface area contributed by atoms with Gasteiger partial charge in [0.05, 0.1) is 4.34 Å². The zero-order chi connectivity index (χ0) is 17.0. The SMILES string of the molecule is CCN(CCCNC1CCc2sc(Cl)cc21)C(=O)OC(C)(C)C. The number of amides is 1. The monoisotopic (exact) mass is 358 g/mol. The minimum atomic E-state index is -0.443. The van der Waals surface area contributed by atoms with Gasteiger partial charge >= 0.3 is 6.09 Å². The van der Waals surface area contributed by atoms with E-state index in [9.17, 15) is 4.79 Å². The van der Waals surface area contributed by atoms with Gasteiger partial charge in [0.1, 0.15) is 5.60 Å². The summed E-state index contributed by atoms with van der Waals surface area (Å²) in [4.78, 5) is 15.2. The molecule has 1 unspecified atom stereocenters. The molecule has 1 aromatic heterocycles. The van der Waals surface area contributed by atoms with Crippen molar-refractivity contribution < 1.29 is 9.53 Å². The van der Waals surface area contributed by atoms with Gasteiger partial charge in [-0.05, 0) is 65.1 Å². The summed E-state index contributed by atoms with van der Waals surface area (Å²) >= 11 is 7.78. The molecule has 0 aromatic carbocycles. The van der Waals surface area contributed by atoms with Crippen LogP contribution in [0.3, 0.4) is 0 Å². The van der Waals surface area contributed by atoms with Gasteiger partial charge in [0.25, 0.3) is 0 Å². The molecule has 0 saturated carbocycles. The van der Waals surface area contributed by atoms with Crippen molar-refractivity contribution in [3.05, 3.63) is 20.8 Å². The number of fused-ring (bicyclic) bond motifs is 1. The Hall–Kier alpha value is -0.780. The van der Waals surface area contributed by atoms with Crippen LogP contribution < -0.4 is 5.32 Å². The second kappa shape index (κ2) is 7.86. The number of halogens is 1. The van der Waals surface area contributed by atoms with E-state index in [1.165, 1.54) is 10.4 Å². The Bertz CT molecular complexity index is 539. The number of carbonyl (C=O) groups excluding carboxylic acids is 1. The molecule has 1 atom stereocenters. The van der Waals surface area contributed by atoms with E-state index in [0.717, 1.165) is 30.1 Å². The van der Waals surface area contributed by atoms with E-state index in [4.69, 9.17) is 16.3 Å². The van der Waals surface area contributed by atoms with E-state index in [1.807, 2.05) is 27.7 Å². The Morgan fingerprint density at radius 2 is 2.26 bits per heavy atom. The highest BCUT2D eigenvalue weighted by atomic mass is 35.5. The van der Waals surface area contributed by atoms with Crippen molar-refractivity contribution in [3.63, 3.8) is 0 Å². The van der Waals surface area contributed by atoms with E-state index in [2.05, 4.69) is 11.4 Å². The standard InChI is InChI=1S/C17H27ClN2O2S/c1-5-20(16(21)22-17(2,3)4)10-6-9-19-13-7-8-14-12(13)11-15(18)23-14/h11,13,19H,5-10H2,1-4H3. The summed E-state index contributed by atoms with van der Waals surface area (Å²) in [5.74, 6) is 0. The fourth-order valence-corrected chi connectivity index (χ4v) is 4.15. The van der Waals surface area contributed by atoms with Gasteiger partial charge in [0, 0.05) is 24.0 Å². The maximum atomic E-state index is 12.1. The molecule has 0 fully saturated rings. The van der Waals surface area contributed by atoms with Gasteiger partial charge in [-0.15, -0.1) is 11.3 Å². The van der Waals surface area contributed by atoms with Gasteiger partial charge in [-0.1, -0.05) is 11.6 Å². The maximum absolute atomic E-state index is 12.1. The molecule has 2 rings (SSSR count). The van der Waals surface area contributed by atoms with Crippen molar-refractivity contribution in [2.24, 2.45) is 0 Å². The van der Waals surface area contributed by atoms with Crippen LogP contribution in [0.15, 0.2) is 6.07 Å². The van der Waals surface area contributed by atoms with E-state index >= 15 is 0 Å². The number of nitrogens with zero attached hydrogens (tertiary/aromatic N) is 1. The molecule has 1 N–H and O–H groups in total. The number of carbonyl (C=O) groups is 1. The zero-order valence-corrected chi connectivity index (χ0v) is 16.0. The second-order valence-corrected chi connectivity index (χ2v) is 8.66. The first-order valence-electron chi connectivity index (χ1n) is 8.29. The predicted octanol–water partition coefficient (Wildman–Crippen LogP) is 4.63. The van der Waals surface area contributed by atoms with E-state index in [-0.39, 0.29) is 6.09 Å². The third-order valence-corrected chi connectivity index (χ3v) is 5.22. The lowest BCUT2D eigenvalue weighted by Gasteiger charge is -2.26. The average molecular weight is 359 g/mol. The lowest BCUT2D eigenvalue weighted by molar-refractivity contribution is 0.0258.